The highest BCUT2D eigenvalue weighted by Crippen LogP contribution is 2.28. The Hall–Kier alpha value is -1.61. The third-order valence-electron chi connectivity index (χ3n) is 2.76. The number of nitrogens with zero attached hydrogens (tertiary/aromatic N) is 2. The first-order valence-electron chi connectivity index (χ1n) is 5.45. The van der Waals surface area contributed by atoms with Crippen molar-refractivity contribution in [3.05, 3.63) is 58.8 Å². The van der Waals surface area contributed by atoms with Crippen molar-refractivity contribution in [3.8, 4) is 11.3 Å². The van der Waals surface area contributed by atoms with E-state index in [9.17, 15) is 0 Å². The van der Waals surface area contributed by atoms with Gasteiger partial charge in [-0.2, -0.15) is 0 Å². The molecule has 0 saturated heterocycles. The molecule has 2 nitrogen and oxygen atoms in total. The van der Waals surface area contributed by atoms with Gasteiger partial charge in [0.15, 0.2) is 0 Å². The van der Waals surface area contributed by atoms with Crippen molar-refractivity contribution in [1.29, 1.82) is 0 Å². The van der Waals surface area contributed by atoms with Crippen molar-refractivity contribution in [2.45, 2.75) is 6.92 Å². The Morgan fingerprint density at radius 1 is 1.06 bits per heavy atom. The number of imidazole rings is 1. The van der Waals surface area contributed by atoms with E-state index in [1.165, 1.54) is 5.56 Å². The fraction of sp³-hybridized carbons (Fsp3) is 0.0714. The highest BCUT2D eigenvalue weighted by atomic mass is 79.9. The summed E-state index contributed by atoms with van der Waals surface area (Å²) < 4.78 is 3.07. The number of hydrogen-bond acceptors (Lipinski definition) is 1. The molecule has 1 aromatic carbocycles. The van der Waals surface area contributed by atoms with E-state index in [1.54, 1.807) is 0 Å². The molecule has 0 atom stereocenters. The minimum atomic E-state index is 0.960. The molecule has 0 aliphatic rings. The van der Waals surface area contributed by atoms with Gasteiger partial charge in [-0.25, -0.2) is 4.98 Å². The summed E-state index contributed by atoms with van der Waals surface area (Å²) in [6.45, 7) is 2.08. The minimum absolute atomic E-state index is 0.960. The molecule has 0 N–H and O–H groups in total. The van der Waals surface area contributed by atoms with Crippen molar-refractivity contribution in [1.82, 2.24) is 9.38 Å². The molecule has 2 heterocycles. The summed E-state index contributed by atoms with van der Waals surface area (Å²) in [4.78, 5) is 4.64. The van der Waals surface area contributed by atoms with Crippen LogP contribution in [0.25, 0.3) is 16.9 Å². The fourth-order valence-corrected chi connectivity index (χ4v) is 2.50. The average Bonchev–Trinajstić information content (AvgIpc) is 2.68. The molecule has 84 valence electrons. The maximum absolute atomic E-state index is 4.64. The van der Waals surface area contributed by atoms with Gasteiger partial charge in [-0.15, -0.1) is 0 Å². The summed E-state index contributed by atoms with van der Waals surface area (Å²) in [5.74, 6) is 0. The van der Waals surface area contributed by atoms with Crippen LogP contribution < -0.4 is 0 Å². The lowest BCUT2D eigenvalue weighted by Gasteiger charge is -1.98. The van der Waals surface area contributed by atoms with E-state index >= 15 is 0 Å². The fourth-order valence-electron chi connectivity index (χ4n) is 1.90. The molecule has 0 amide bonds. The first kappa shape index (κ1) is 10.5. The van der Waals surface area contributed by atoms with Crippen LogP contribution in [0.2, 0.25) is 0 Å². The predicted molar refractivity (Wildman–Crippen MR) is 73.1 cm³/mol. The van der Waals surface area contributed by atoms with Crippen LogP contribution in [-0.4, -0.2) is 9.38 Å². The van der Waals surface area contributed by atoms with Gasteiger partial charge in [-0.05, 0) is 34.5 Å². The first-order chi connectivity index (χ1) is 8.25. The van der Waals surface area contributed by atoms with Crippen LogP contribution in [0, 0.1) is 6.92 Å². The molecule has 3 rings (SSSR count). The van der Waals surface area contributed by atoms with Crippen molar-refractivity contribution in [3.63, 3.8) is 0 Å². The molecular weight excluding hydrogens is 276 g/mol. The van der Waals surface area contributed by atoms with E-state index in [2.05, 4.69) is 56.6 Å². The van der Waals surface area contributed by atoms with Crippen LogP contribution in [0.1, 0.15) is 5.56 Å². The zero-order valence-electron chi connectivity index (χ0n) is 9.39. The summed E-state index contributed by atoms with van der Waals surface area (Å²) in [6.07, 6.45) is 2.08. The molecule has 3 aromatic rings. The van der Waals surface area contributed by atoms with E-state index in [-0.39, 0.29) is 0 Å². The predicted octanol–water partition coefficient (Wildman–Crippen LogP) is 4.07. The lowest BCUT2D eigenvalue weighted by Crippen LogP contribution is -1.85. The summed E-state index contributed by atoms with van der Waals surface area (Å²) >= 11 is 3.62. The highest BCUT2D eigenvalue weighted by Gasteiger charge is 2.10. The molecule has 17 heavy (non-hydrogen) atoms. The average molecular weight is 287 g/mol. The molecular formula is C14H11BrN2. The molecule has 0 unspecified atom stereocenters. The Morgan fingerprint density at radius 2 is 1.82 bits per heavy atom. The largest absolute Gasteiger partial charge is 0.293 e. The van der Waals surface area contributed by atoms with Crippen molar-refractivity contribution in [2.75, 3.05) is 0 Å². The number of aryl methyl sites for hydroxylation is 1. The Labute approximate surface area is 108 Å². The molecule has 3 heteroatoms. The van der Waals surface area contributed by atoms with Gasteiger partial charge < -0.3 is 0 Å². The monoisotopic (exact) mass is 286 g/mol. The molecule has 0 aliphatic heterocycles. The number of hydrogen-bond donors (Lipinski definition) is 0. The second-order valence-electron chi connectivity index (χ2n) is 4.05. The molecule has 0 spiro atoms. The Morgan fingerprint density at radius 3 is 2.59 bits per heavy atom. The number of aromatic nitrogens is 2. The van der Waals surface area contributed by atoms with Gasteiger partial charge in [-0.3, -0.25) is 4.40 Å². The topological polar surface area (TPSA) is 17.3 Å². The smallest absolute Gasteiger partial charge is 0.138 e. The van der Waals surface area contributed by atoms with Crippen LogP contribution in [0.4, 0.5) is 0 Å². The van der Waals surface area contributed by atoms with Crippen LogP contribution >= 0.6 is 15.9 Å². The summed E-state index contributed by atoms with van der Waals surface area (Å²) in [5.41, 5.74) is 4.29. The van der Waals surface area contributed by atoms with E-state index in [1.807, 2.05) is 24.3 Å². The summed E-state index contributed by atoms with van der Waals surface area (Å²) in [6, 6.07) is 14.3. The normalized spacial score (nSPS) is 10.9. The molecule has 2 aromatic heterocycles. The van der Waals surface area contributed by atoms with Crippen molar-refractivity contribution >= 4 is 21.6 Å². The highest BCUT2D eigenvalue weighted by molar-refractivity contribution is 9.10. The number of fused-ring (bicyclic) bond motifs is 1. The zero-order chi connectivity index (χ0) is 11.8. The quantitative estimate of drug-likeness (QED) is 0.659. The third-order valence-corrected chi connectivity index (χ3v) is 3.51. The Bertz CT molecular complexity index is 671. The first-order valence-corrected chi connectivity index (χ1v) is 6.24. The number of pyridine rings is 1. The Balaban J connectivity index is 2.28. The van der Waals surface area contributed by atoms with Gasteiger partial charge in [0.25, 0.3) is 0 Å². The van der Waals surface area contributed by atoms with Gasteiger partial charge in [0.1, 0.15) is 15.9 Å². The SMILES string of the molecule is Cc1ccc2nc(-c3ccccc3)c(Br)n2c1. The van der Waals surface area contributed by atoms with Gasteiger partial charge in [0.2, 0.25) is 0 Å². The molecule has 0 aliphatic carbocycles. The molecule has 0 radical (unpaired) electrons. The summed E-state index contributed by atoms with van der Waals surface area (Å²) in [7, 11) is 0. The van der Waals surface area contributed by atoms with Crippen LogP contribution in [0.15, 0.2) is 53.3 Å². The number of rotatable bonds is 1. The zero-order valence-corrected chi connectivity index (χ0v) is 11.0. The maximum atomic E-state index is 4.64. The van der Waals surface area contributed by atoms with Crippen molar-refractivity contribution in [2.24, 2.45) is 0 Å². The van der Waals surface area contributed by atoms with Gasteiger partial charge in [-0.1, -0.05) is 36.4 Å². The van der Waals surface area contributed by atoms with Crippen LogP contribution in [0.3, 0.4) is 0 Å². The molecule has 0 bridgehead atoms. The number of halogens is 1. The van der Waals surface area contributed by atoms with E-state index in [4.69, 9.17) is 0 Å². The second-order valence-corrected chi connectivity index (χ2v) is 4.80. The minimum Gasteiger partial charge on any atom is -0.293 e. The Kier molecular flexibility index (Phi) is 2.48. The molecule has 0 fully saturated rings. The standard InChI is InChI=1S/C14H11BrN2/c1-10-7-8-12-16-13(14(15)17(12)9-10)11-5-3-2-4-6-11/h2-9H,1H3. The lowest BCUT2D eigenvalue weighted by atomic mass is 10.2. The second kappa shape index (κ2) is 4.00. The van der Waals surface area contributed by atoms with Crippen molar-refractivity contribution < 1.29 is 0 Å². The summed E-state index contributed by atoms with van der Waals surface area (Å²) in [5, 5.41) is 0. The third kappa shape index (κ3) is 1.76. The maximum Gasteiger partial charge on any atom is 0.138 e. The van der Waals surface area contributed by atoms with E-state index < -0.39 is 0 Å². The van der Waals surface area contributed by atoms with Crippen LogP contribution in [0.5, 0.6) is 0 Å². The number of benzene rings is 1. The van der Waals surface area contributed by atoms with Gasteiger partial charge >= 0.3 is 0 Å². The van der Waals surface area contributed by atoms with Crippen LogP contribution in [-0.2, 0) is 0 Å². The van der Waals surface area contributed by atoms with E-state index in [0.717, 1.165) is 21.5 Å². The lowest BCUT2D eigenvalue weighted by molar-refractivity contribution is 1.13. The van der Waals surface area contributed by atoms with Gasteiger partial charge in [0.05, 0.1) is 0 Å². The van der Waals surface area contributed by atoms with E-state index in [0.29, 0.717) is 0 Å². The molecule has 0 saturated carbocycles. The van der Waals surface area contributed by atoms with Gasteiger partial charge in [0, 0.05) is 11.8 Å².